The molecule has 1 aromatic heterocycles. The highest BCUT2D eigenvalue weighted by molar-refractivity contribution is 5.28. The lowest BCUT2D eigenvalue weighted by Crippen LogP contribution is -2.32. The summed E-state index contributed by atoms with van der Waals surface area (Å²) < 4.78 is 5.49. The number of hydrogen-bond acceptors (Lipinski definition) is 4. The number of aromatic nitrogens is 1. The quantitative estimate of drug-likeness (QED) is 0.891. The third-order valence-electron chi connectivity index (χ3n) is 4.43. The van der Waals surface area contributed by atoms with Crippen LogP contribution in [0.5, 0.6) is 5.75 Å². The van der Waals surface area contributed by atoms with E-state index in [2.05, 4.69) is 34.1 Å². The van der Waals surface area contributed by atoms with Crippen LogP contribution < -0.4 is 4.74 Å². The zero-order chi connectivity index (χ0) is 15.9. The van der Waals surface area contributed by atoms with Crippen molar-refractivity contribution in [2.75, 3.05) is 26.3 Å². The average Bonchev–Trinajstić information content (AvgIpc) is 2.62. The van der Waals surface area contributed by atoms with Crippen LogP contribution in [0.2, 0.25) is 0 Å². The first kappa shape index (κ1) is 16.0. The molecule has 0 saturated carbocycles. The molecule has 0 spiro atoms. The molecule has 1 fully saturated rings. The first-order valence-corrected chi connectivity index (χ1v) is 8.30. The van der Waals surface area contributed by atoms with E-state index in [9.17, 15) is 0 Å². The Bertz CT molecular complexity index is 595. The Kier molecular flexibility index (Phi) is 5.61. The molecule has 0 bridgehead atoms. The fourth-order valence-corrected chi connectivity index (χ4v) is 3.22. The van der Waals surface area contributed by atoms with Gasteiger partial charge >= 0.3 is 0 Å². The molecule has 0 amide bonds. The normalized spacial score (nSPS) is 16.4. The largest absolute Gasteiger partial charge is 0.491 e. The van der Waals surface area contributed by atoms with Gasteiger partial charge in [0.15, 0.2) is 0 Å². The zero-order valence-corrected chi connectivity index (χ0v) is 13.4. The molecule has 0 radical (unpaired) electrons. The molecule has 0 aliphatic carbocycles. The van der Waals surface area contributed by atoms with Crippen LogP contribution in [0.15, 0.2) is 48.8 Å². The molecule has 4 heteroatoms. The molecule has 1 saturated heterocycles. The van der Waals surface area contributed by atoms with Crippen molar-refractivity contribution in [2.45, 2.75) is 25.3 Å². The molecule has 1 aromatic carbocycles. The van der Waals surface area contributed by atoms with Gasteiger partial charge in [-0.25, -0.2) is 0 Å². The molecule has 0 atom stereocenters. The van der Waals surface area contributed by atoms with Crippen molar-refractivity contribution in [3.05, 3.63) is 59.9 Å². The lowest BCUT2D eigenvalue weighted by molar-refractivity contribution is 0.198. The minimum atomic E-state index is 0.0484. The van der Waals surface area contributed by atoms with Gasteiger partial charge in [0.1, 0.15) is 12.4 Å². The number of aliphatic hydroxyl groups is 1. The summed E-state index contributed by atoms with van der Waals surface area (Å²) in [5.74, 6) is 1.50. The molecule has 1 aliphatic heterocycles. The van der Waals surface area contributed by atoms with Crippen LogP contribution in [0.1, 0.15) is 29.9 Å². The Balaban J connectivity index is 1.52. The monoisotopic (exact) mass is 312 g/mol. The number of aliphatic hydroxyl groups excluding tert-OH is 1. The van der Waals surface area contributed by atoms with Gasteiger partial charge in [-0.1, -0.05) is 12.1 Å². The number of nitrogens with zero attached hydrogens (tertiary/aromatic N) is 2. The summed E-state index contributed by atoms with van der Waals surface area (Å²) in [5, 5.41) is 8.84. The highest BCUT2D eigenvalue weighted by atomic mass is 16.5. The maximum atomic E-state index is 8.84. The van der Waals surface area contributed by atoms with Crippen molar-refractivity contribution in [1.82, 2.24) is 9.88 Å². The van der Waals surface area contributed by atoms with E-state index >= 15 is 0 Å². The SMILES string of the molecule is OCCOc1cccc(CN2CCC(c3ccncc3)CC2)c1. The van der Waals surface area contributed by atoms with Gasteiger partial charge in [-0.2, -0.15) is 0 Å². The van der Waals surface area contributed by atoms with Gasteiger partial charge in [0.25, 0.3) is 0 Å². The van der Waals surface area contributed by atoms with Crippen molar-refractivity contribution < 1.29 is 9.84 Å². The van der Waals surface area contributed by atoms with Crippen molar-refractivity contribution >= 4 is 0 Å². The summed E-state index contributed by atoms with van der Waals surface area (Å²) in [6.45, 7) is 3.59. The van der Waals surface area contributed by atoms with Crippen molar-refractivity contribution in [2.24, 2.45) is 0 Å². The van der Waals surface area contributed by atoms with Gasteiger partial charge in [-0.05, 0) is 67.2 Å². The summed E-state index contributed by atoms with van der Waals surface area (Å²) >= 11 is 0. The zero-order valence-electron chi connectivity index (χ0n) is 13.4. The van der Waals surface area contributed by atoms with Gasteiger partial charge in [-0.15, -0.1) is 0 Å². The second-order valence-electron chi connectivity index (χ2n) is 6.05. The van der Waals surface area contributed by atoms with Crippen molar-refractivity contribution in [1.29, 1.82) is 0 Å². The molecule has 2 heterocycles. The smallest absolute Gasteiger partial charge is 0.119 e. The van der Waals surface area contributed by atoms with Crippen molar-refractivity contribution in [3.8, 4) is 5.75 Å². The molecular weight excluding hydrogens is 288 g/mol. The van der Waals surface area contributed by atoms with E-state index in [1.54, 1.807) is 0 Å². The average molecular weight is 312 g/mol. The van der Waals surface area contributed by atoms with Crippen LogP contribution in [0, 0.1) is 0 Å². The molecule has 1 N–H and O–H groups in total. The van der Waals surface area contributed by atoms with Crippen LogP contribution >= 0.6 is 0 Å². The van der Waals surface area contributed by atoms with E-state index in [1.165, 1.54) is 24.0 Å². The van der Waals surface area contributed by atoms with Gasteiger partial charge in [-0.3, -0.25) is 9.88 Å². The molecule has 1 aliphatic rings. The minimum Gasteiger partial charge on any atom is -0.491 e. The Morgan fingerprint density at radius 1 is 1.13 bits per heavy atom. The minimum absolute atomic E-state index is 0.0484. The van der Waals surface area contributed by atoms with E-state index in [0.717, 1.165) is 25.4 Å². The Morgan fingerprint density at radius 2 is 1.91 bits per heavy atom. The number of piperidine rings is 1. The van der Waals surface area contributed by atoms with E-state index in [-0.39, 0.29) is 6.61 Å². The number of ether oxygens (including phenoxy) is 1. The second-order valence-corrected chi connectivity index (χ2v) is 6.05. The third-order valence-corrected chi connectivity index (χ3v) is 4.43. The van der Waals surface area contributed by atoms with E-state index in [0.29, 0.717) is 12.5 Å². The lowest BCUT2D eigenvalue weighted by atomic mass is 9.90. The Hall–Kier alpha value is -1.91. The highest BCUT2D eigenvalue weighted by Crippen LogP contribution is 2.28. The summed E-state index contributed by atoms with van der Waals surface area (Å²) in [7, 11) is 0. The number of likely N-dealkylation sites (tertiary alicyclic amines) is 1. The molecule has 2 aromatic rings. The molecule has 0 unspecified atom stereocenters. The first-order chi connectivity index (χ1) is 11.3. The van der Waals surface area contributed by atoms with E-state index in [4.69, 9.17) is 9.84 Å². The van der Waals surface area contributed by atoms with Crippen LogP contribution in [-0.2, 0) is 6.54 Å². The summed E-state index contributed by atoms with van der Waals surface area (Å²) in [4.78, 5) is 6.61. The van der Waals surface area contributed by atoms with Crippen LogP contribution in [0.4, 0.5) is 0 Å². The molecule has 4 nitrogen and oxygen atoms in total. The van der Waals surface area contributed by atoms with Gasteiger partial charge < -0.3 is 9.84 Å². The number of benzene rings is 1. The predicted octanol–water partition coefficient (Wildman–Crippen LogP) is 2.83. The Labute approximate surface area is 137 Å². The van der Waals surface area contributed by atoms with Crippen molar-refractivity contribution in [3.63, 3.8) is 0 Å². The maximum Gasteiger partial charge on any atom is 0.119 e. The van der Waals surface area contributed by atoms with Crippen LogP contribution in [0.3, 0.4) is 0 Å². The van der Waals surface area contributed by atoms with Gasteiger partial charge in [0.05, 0.1) is 6.61 Å². The fourth-order valence-electron chi connectivity index (χ4n) is 3.22. The van der Waals surface area contributed by atoms with Crippen LogP contribution in [0.25, 0.3) is 0 Å². The standard InChI is InChI=1S/C19H24N2O2/c22-12-13-23-19-3-1-2-16(14-19)15-21-10-6-18(7-11-21)17-4-8-20-9-5-17/h1-5,8-9,14,18,22H,6-7,10-13,15H2. The first-order valence-electron chi connectivity index (χ1n) is 8.30. The maximum absolute atomic E-state index is 8.84. The summed E-state index contributed by atoms with van der Waals surface area (Å²) in [5.41, 5.74) is 2.68. The number of hydrogen-bond donors (Lipinski definition) is 1. The lowest BCUT2D eigenvalue weighted by Gasteiger charge is -2.32. The highest BCUT2D eigenvalue weighted by Gasteiger charge is 2.20. The van der Waals surface area contributed by atoms with Gasteiger partial charge in [0, 0.05) is 18.9 Å². The van der Waals surface area contributed by atoms with Crippen LogP contribution in [-0.4, -0.2) is 41.3 Å². The van der Waals surface area contributed by atoms with E-state index in [1.807, 2.05) is 24.5 Å². The molecule has 3 rings (SSSR count). The molecular formula is C19H24N2O2. The summed E-state index contributed by atoms with van der Waals surface area (Å²) in [6, 6.07) is 12.5. The second kappa shape index (κ2) is 8.09. The Morgan fingerprint density at radius 3 is 2.65 bits per heavy atom. The number of rotatable bonds is 6. The topological polar surface area (TPSA) is 45.6 Å². The van der Waals surface area contributed by atoms with Gasteiger partial charge in [0.2, 0.25) is 0 Å². The predicted molar refractivity (Wildman–Crippen MR) is 90.5 cm³/mol. The summed E-state index contributed by atoms with van der Waals surface area (Å²) in [6.07, 6.45) is 6.18. The van der Waals surface area contributed by atoms with E-state index < -0.39 is 0 Å². The third kappa shape index (κ3) is 4.53. The number of pyridine rings is 1. The fraction of sp³-hybridized carbons (Fsp3) is 0.421. The molecule has 23 heavy (non-hydrogen) atoms. The molecule has 122 valence electrons.